The molecule has 1 aromatic carbocycles. The number of carbonyl (C=O) groups is 1. The highest BCUT2D eigenvalue weighted by molar-refractivity contribution is 7.14. The maximum Gasteiger partial charge on any atom is 0.419 e. The predicted octanol–water partition coefficient (Wildman–Crippen LogP) is 9.07. The van der Waals surface area contributed by atoms with E-state index in [1.54, 1.807) is 33.8 Å². The molecule has 1 aliphatic rings. The summed E-state index contributed by atoms with van der Waals surface area (Å²) < 4.78 is 58.1. The summed E-state index contributed by atoms with van der Waals surface area (Å²) in [6, 6.07) is 3.93. The Morgan fingerprint density at radius 1 is 1.10 bits per heavy atom. The van der Waals surface area contributed by atoms with Crippen LogP contribution >= 0.6 is 11.3 Å². The second kappa shape index (κ2) is 15.2. The second-order valence-corrected chi connectivity index (χ2v) is 13.1. The normalized spacial score (nSPS) is 17.4. The van der Waals surface area contributed by atoms with E-state index in [9.17, 15) is 18.0 Å². The number of ether oxygens (including phenoxy) is 3. The van der Waals surface area contributed by atoms with Crippen molar-refractivity contribution in [2.24, 2.45) is 5.92 Å². The van der Waals surface area contributed by atoms with Crippen LogP contribution in [0, 0.1) is 5.92 Å². The number of hydrogen-bond acceptors (Lipinski definition) is 7. The average molecular weight is 602 g/mol. The van der Waals surface area contributed by atoms with E-state index >= 15 is 0 Å². The Hall–Kier alpha value is -2.40. The molecule has 41 heavy (non-hydrogen) atoms. The van der Waals surface area contributed by atoms with Crippen LogP contribution in [0.3, 0.4) is 0 Å². The van der Waals surface area contributed by atoms with Crippen molar-refractivity contribution < 1.29 is 32.2 Å². The third-order valence-corrected chi connectivity index (χ3v) is 7.21. The molecule has 3 rings (SSSR count). The van der Waals surface area contributed by atoms with E-state index < -0.39 is 29.0 Å². The van der Waals surface area contributed by atoms with Crippen molar-refractivity contribution in [3.8, 4) is 16.3 Å². The quantitative estimate of drug-likeness (QED) is 0.253. The van der Waals surface area contributed by atoms with E-state index in [0.717, 1.165) is 49.0 Å². The van der Waals surface area contributed by atoms with Gasteiger partial charge in [0, 0.05) is 5.56 Å². The number of hydrogen-bond donors (Lipinski definition) is 0. The van der Waals surface area contributed by atoms with Gasteiger partial charge >= 0.3 is 12.3 Å². The van der Waals surface area contributed by atoms with Gasteiger partial charge in [0.05, 0.1) is 18.8 Å². The van der Waals surface area contributed by atoms with Crippen molar-refractivity contribution in [3.63, 3.8) is 0 Å². The number of halogens is 3. The van der Waals surface area contributed by atoms with Crippen molar-refractivity contribution in [1.82, 2.24) is 15.1 Å². The van der Waals surface area contributed by atoms with Gasteiger partial charge in [-0.05, 0) is 58.2 Å². The fourth-order valence-corrected chi connectivity index (χ4v) is 4.92. The van der Waals surface area contributed by atoms with Gasteiger partial charge < -0.3 is 14.2 Å². The van der Waals surface area contributed by atoms with Crippen molar-refractivity contribution in [1.29, 1.82) is 0 Å². The molecule has 0 saturated carbocycles. The number of carbonyl (C=O) groups excluding carboxylic acids is 1. The van der Waals surface area contributed by atoms with Crippen LogP contribution in [0.5, 0.6) is 5.75 Å². The Morgan fingerprint density at radius 2 is 1.73 bits per heavy atom. The fourth-order valence-electron chi connectivity index (χ4n) is 3.94. The fraction of sp³-hybridized carbons (Fsp3) is 0.700. The van der Waals surface area contributed by atoms with Crippen molar-refractivity contribution in [2.75, 3.05) is 19.9 Å². The summed E-state index contributed by atoms with van der Waals surface area (Å²) in [5.41, 5.74) is -2.22. The minimum absolute atomic E-state index is 0.0171. The Balaban J connectivity index is 0.00000138. The standard InChI is InChI=1S/C26H36F3N3O4S.C4H10/c1-6-7-8-9-10-11-14-35-20-13-12-18(15-19(20)26(27,28)29)21-30-31-22(37-21)25(5)16-34-17-32(25)23(33)36-24(2,3)4;1-4(2)3/h12-13,15H,6-11,14,16-17H2,1-5H3;4H,1-3H3. The van der Waals surface area contributed by atoms with Crippen LogP contribution < -0.4 is 4.74 Å². The summed E-state index contributed by atoms with van der Waals surface area (Å²) in [5, 5.41) is 9.09. The number of alkyl halides is 3. The Labute approximate surface area is 246 Å². The summed E-state index contributed by atoms with van der Waals surface area (Å²) in [6.45, 7) is 16.1. The number of benzene rings is 1. The largest absolute Gasteiger partial charge is 0.493 e. The third kappa shape index (κ3) is 10.7. The maximum absolute atomic E-state index is 13.9. The Kier molecular flexibility index (Phi) is 12.9. The van der Waals surface area contributed by atoms with E-state index in [2.05, 4.69) is 37.9 Å². The molecular weight excluding hydrogens is 555 g/mol. The highest BCUT2D eigenvalue weighted by atomic mass is 32.1. The minimum atomic E-state index is -4.58. The zero-order valence-corrected chi connectivity index (χ0v) is 26.5. The van der Waals surface area contributed by atoms with Crippen LogP contribution in [0.15, 0.2) is 18.2 Å². The number of nitrogens with zero attached hydrogens (tertiary/aromatic N) is 3. The molecule has 1 aromatic heterocycles. The van der Waals surface area contributed by atoms with Crippen LogP contribution in [0.2, 0.25) is 0 Å². The lowest BCUT2D eigenvalue weighted by Gasteiger charge is -2.32. The maximum atomic E-state index is 13.9. The zero-order chi connectivity index (χ0) is 30.8. The lowest BCUT2D eigenvalue weighted by molar-refractivity contribution is -0.138. The van der Waals surface area contributed by atoms with Crippen molar-refractivity contribution in [2.45, 2.75) is 111 Å². The van der Waals surface area contributed by atoms with Gasteiger partial charge in [0.2, 0.25) is 0 Å². The first-order valence-corrected chi connectivity index (χ1v) is 15.2. The number of aromatic nitrogens is 2. The summed E-state index contributed by atoms with van der Waals surface area (Å²) in [7, 11) is 0. The molecule has 1 fully saturated rings. The molecule has 2 aromatic rings. The number of rotatable bonds is 10. The van der Waals surface area contributed by atoms with E-state index in [1.807, 2.05) is 0 Å². The molecule has 1 aliphatic heterocycles. The highest BCUT2D eigenvalue weighted by Gasteiger charge is 2.47. The first-order valence-electron chi connectivity index (χ1n) is 14.3. The summed E-state index contributed by atoms with van der Waals surface area (Å²) >= 11 is 1.12. The van der Waals surface area contributed by atoms with Gasteiger partial charge in [0.1, 0.15) is 33.6 Å². The third-order valence-electron chi connectivity index (χ3n) is 5.99. The summed E-state index contributed by atoms with van der Waals surface area (Å²) in [4.78, 5) is 14.2. The molecule has 7 nitrogen and oxygen atoms in total. The molecule has 1 amide bonds. The van der Waals surface area contributed by atoms with Crippen LogP contribution in [0.4, 0.5) is 18.0 Å². The molecule has 11 heteroatoms. The molecule has 0 N–H and O–H groups in total. The Morgan fingerprint density at radius 3 is 2.34 bits per heavy atom. The van der Waals surface area contributed by atoms with Gasteiger partial charge in [0.25, 0.3) is 0 Å². The zero-order valence-electron chi connectivity index (χ0n) is 25.7. The van der Waals surface area contributed by atoms with Gasteiger partial charge in [0.15, 0.2) is 0 Å². The molecule has 0 aliphatic carbocycles. The lowest BCUT2D eigenvalue weighted by Crippen LogP contribution is -2.46. The van der Waals surface area contributed by atoms with Crippen LogP contribution in [0.25, 0.3) is 10.6 Å². The summed E-state index contributed by atoms with van der Waals surface area (Å²) in [6.07, 6.45) is 0.976. The molecule has 1 unspecified atom stereocenters. The van der Waals surface area contributed by atoms with Gasteiger partial charge in [-0.15, -0.1) is 10.2 Å². The smallest absolute Gasteiger partial charge is 0.419 e. The molecule has 1 atom stereocenters. The molecule has 0 radical (unpaired) electrons. The molecule has 1 saturated heterocycles. The summed E-state index contributed by atoms with van der Waals surface area (Å²) in [5.74, 6) is 0.641. The first kappa shape index (κ1) is 34.8. The number of unbranched alkanes of at least 4 members (excludes halogenated alkanes) is 5. The molecule has 0 bridgehead atoms. The van der Waals surface area contributed by atoms with E-state index in [0.29, 0.717) is 16.4 Å². The van der Waals surface area contributed by atoms with E-state index in [4.69, 9.17) is 14.2 Å². The van der Waals surface area contributed by atoms with Crippen molar-refractivity contribution >= 4 is 17.4 Å². The average Bonchev–Trinajstić information content (AvgIpc) is 3.50. The molecule has 232 valence electrons. The van der Waals surface area contributed by atoms with E-state index in [1.165, 1.54) is 17.4 Å². The molecule has 2 heterocycles. The van der Waals surface area contributed by atoms with Crippen molar-refractivity contribution in [3.05, 3.63) is 28.8 Å². The minimum Gasteiger partial charge on any atom is -0.493 e. The van der Waals surface area contributed by atoms with Crippen LogP contribution in [-0.4, -0.2) is 46.7 Å². The topological polar surface area (TPSA) is 73.8 Å². The second-order valence-electron chi connectivity index (χ2n) is 12.1. The van der Waals surface area contributed by atoms with Gasteiger partial charge in [-0.3, -0.25) is 4.90 Å². The highest BCUT2D eigenvalue weighted by Crippen LogP contribution is 2.42. The molecular formula is C30H46F3N3O4S. The SMILES string of the molecule is CC(C)C.CCCCCCCCOc1ccc(-c2nnc(C3(C)COCN3C(=O)OC(C)(C)C)s2)cc1C(F)(F)F. The van der Waals surface area contributed by atoms with Gasteiger partial charge in [-0.25, -0.2) is 4.79 Å². The van der Waals surface area contributed by atoms with Crippen LogP contribution in [0.1, 0.15) is 104 Å². The Bertz CT molecular complexity index is 1100. The first-order chi connectivity index (χ1) is 19.1. The number of amides is 1. The monoisotopic (exact) mass is 601 g/mol. The predicted molar refractivity (Wildman–Crippen MR) is 156 cm³/mol. The van der Waals surface area contributed by atoms with E-state index in [-0.39, 0.29) is 31.3 Å². The van der Waals surface area contributed by atoms with Crippen LogP contribution in [-0.2, 0) is 21.2 Å². The van der Waals surface area contributed by atoms with Gasteiger partial charge in [-0.2, -0.15) is 13.2 Å². The lowest BCUT2D eigenvalue weighted by atomic mass is 10.0. The van der Waals surface area contributed by atoms with Gasteiger partial charge in [-0.1, -0.05) is 71.1 Å². The molecule has 0 spiro atoms.